The van der Waals surface area contributed by atoms with Crippen LogP contribution in [0.15, 0.2) is 35.3 Å². The van der Waals surface area contributed by atoms with Crippen molar-refractivity contribution in [1.82, 2.24) is 16.0 Å². The Morgan fingerprint density at radius 3 is 2.52 bits per heavy atom. The molecule has 1 aromatic carbocycles. The van der Waals surface area contributed by atoms with Gasteiger partial charge in [0.05, 0.1) is 6.04 Å². The van der Waals surface area contributed by atoms with E-state index < -0.39 is 0 Å². The molecule has 1 saturated carbocycles. The van der Waals surface area contributed by atoms with Gasteiger partial charge < -0.3 is 16.0 Å². The topological polar surface area (TPSA) is 65.5 Å². The molecule has 1 aliphatic rings. The predicted molar refractivity (Wildman–Crippen MR) is 85.1 cm³/mol. The Labute approximate surface area is 126 Å². The second kappa shape index (κ2) is 7.67. The van der Waals surface area contributed by atoms with Gasteiger partial charge in [0.25, 0.3) is 0 Å². The standard InChI is InChI=1S/C16H24N4O/c1-12(13-6-4-3-5-7-13)20-16(17-2)19-11-10-18-15(21)14-8-9-14/h3-7,12,14H,8-11H2,1-2H3,(H,18,21)(H2,17,19,20). The molecule has 5 nitrogen and oxygen atoms in total. The molecule has 3 N–H and O–H groups in total. The van der Waals surface area contributed by atoms with Crippen LogP contribution in [0.2, 0.25) is 0 Å². The van der Waals surface area contributed by atoms with E-state index in [0.717, 1.165) is 18.8 Å². The van der Waals surface area contributed by atoms with Gasteiger partial charge in [-0.15, -0.1) is 0 Å². The van der Waals surface area contributed by atoms with Gasteiger partial charge in [-0.2, -0.15) is 0 Å². The maximum Gasteiger partial charge on any atom is 0.223 e. The Hall–Kier alpha value is -2.04. The van der Waals surface area contributed by atoms with Crippen LogP contribution in [0.5, 0.6) is 0 Å². The smallest absolute Gasteiger partial charge is 0.223 e. The number of guanidine groups is 1. The Morgan fingerprint density at radius 2 is 1.90 bits per heavy atom. The SMILES string of the molecule is CN=C(NCCNC(=O)C1CC1)NC(C)c1ccccc1. The molecule has 1 fully saturated rings. The van der Waals surface area contributed by atoms with Crippen molar-refractivity contribution in [3.8, 4) is 0 Å². The van der Waals surface area contributed by atoms with E-state index in [1.54, 1.807) is 7.05 Å². The van der Waals surface area contributed by atoms with Crippen molar-refractivity contribution in [2.24, 2.45) is 10.9 Å². The summed E-state index contributed by atoms with van der Waals surface area (Å²) in [4.78, 5) is 15.7. The fraction of sp³-hybridized carbons (Fsp3) is 0.500. The van der Waals surface area contributed by atoms with Crippen molar-refractivity contribution in [1.29, 1.82) is 0 Å². The largest absolute Gasteiger partial charge is 0.355 e. The number of carbonyl (C=O) groups is 1. The fourth-order valence-corrected chi connectivity index (χ4v) is 2.08. The second-order valence-electron chi connectivity index (χ2n) is 5.34. The summed E-state index contributed by atoms with van der Waals surface area (Å²) in [7, 11) is 1.75. The third-order valence-corrected chi connectivity index (χ3v) is 3.54. The van der Waals surface area contributed by atoms with Crippen LogP contribution in [0.1, 0.15) is 31.4 Å². The quantitative estimate of drug-likeness (QED) is 0.421. The lowest BCUT2D eigenvalue weighted by molar-refractivity contribution is -0.122. The summed E-state index contributed by atoms with van der Waals surface area (Å²) in [5.74, 6) is 1.19. The van der Waals surface area contributed by atoms with Crippen LogP contribution >= 0.6 is 0 Å². The van der Waals surface area contributed by atoms with E-state index in [2.05, 4.69) is 40.0 Å². The van der Waals surface area contributed by atoms with Gasteiger partial charge in [0, 0.05) is 26.1 Å². The number of rotatable bonds is 6. The maximum atomic E-state index is 11.5. The van der Waals surface area contributed by atoms with E-state index in [0.29, 0.717) is 13.1 Å². The highest BCUT2D eigenvalue weighted by molar-refractivity contribution is 5.81. The minimum absolute atomic E-state index is 0.178. The molecule has 1 unspecified atom stereocenters. The molecule has 0 aromatic heterocycles. The Kier molecular flexibility index (Phi) is 5.60. The van der Waals surface area contributed by atoms with Gasteiger partial charge in [-0.25, -0.2) is 0 Å². The molecule has 0 saturated heterocycles. The van der Waals surface area contributed by atoms with Crippen molar-refractivity contribution in [2.75, 3.05) is 20.1 Å². The second-order valence-corrected chi connectivity index (χ2v) is 5.34. The number of benzene rings is 1. The van der Waals surface area contributed by atoms with Crippen LogP contribution in [-0.2, 0) is 4.79 Å². The first-order chi connectivity index (χ1) is 10.2. The van der Waals surface area contributed by atoms with E-state index in [-0.39, 0.29) is 17.9 Å². The first-order valence-corrected chi connectivity index (χ1v) is 7.50. The van der Waals surface area contributed by atoms with Crippen LogP contribution in [-0.4, -0.2) is 32.0 Å². The van der Waals surface area contributed by atoms with E-state index >= 15 is 0 Å². The summed E-state index contributed by atoms with van der Waals surface area (Å²) in [6, 6.07) is 10.4. The number of carbonyl (C=O) groups excluding carboxylic acids is 1. The first kappa shape index (κ1) is 15.4. The normalized spacial score (nSPS) is 16.2. The molecular weight excluding hydrogens is 264 g/mol. The van der Waals surface area contributed by atoms with Gasteiger partial charge in [-0.05, 0) is 25.3 Å². The van der Waals surface area contributed by atoms with E-state index in [1.807, 2.05) is 18.2 Å². The zero-order valence-corrected chi connectivity index (χ0v) is 12.7. The Balaban J connectivity index is 1.69. The lowest BCUT2D eigenvalue weighted by Crippen LogP contribution is -2.42. The Bertz CT molecular complexity index is 482. The molecule has 0 aliphatic heterocycles. The van der Waals surface area contributed by atoms with Crippen molar-refractivity contribution < 1.29 is 4.79 Å². The monoisotopic (exact) mass is 288 g/mol. The number of hydrogen-bond acceptors (Lipinski definition) is 2. The summed E-state index contributed by atoms with van der Waals surface area (Å²) >= 11 is 0. The number of amides is 1. The van der Waals surface area contributed by atoms with Crippen LogP contribution in [0.3, 0.4) is 0 Å². The predicted octanol–water partition coefficient (Wildman–Crippen LogP) is 1.44. The molecule has 1 aliphatic carbocycles. The summed E-state index contributed by atoms with van der Waals surface area (Å²) in [5.41, 5.74) is 1.21. The highest BCUT2D eigenvalue weighted by Gasteiger charge is 2.28. The highest BCUT2D eigenvalue weighted by Crippen LogP contribution is 2.28. The average Bonchev–Trinajstić information content (AvgIpc) is 3.35. The Morgan fingerprint density at radius 1 is 1.24 bits per heavy atom. The van der Waals surface area contributed by atoms with E-state index in [1.165, 1.54) is 5.56 Å². The molecule has 0 heterocycles. The molecule has 1 amide bonds. The van der Waals surface area contributed by atoms with Gasteiger partial charge in [0.1, 0.15) is 0 Å². The summed E-state index contributed by atoms with van der Waals surface area (Å²) < 4.78 is 0. The first-order valence-electron chi connectivity index (χ1n) is 7.50. The van der Waals surface area contributed by atoms with Crippen molar-refractivity contribution in [2.45, 2.75) is 25.8 Å². The maximum absolute atomic E-state index is 11.5. The number of aliphatic imine (C=N–C) groups is 1. The zero-order valence-electron chi connectivity index (χ0n) is 12.7. The molecule has 1 aromatic rings. The van der Waals surface area contributed by atoms with Crippen molar-refractivity contribution >= 4 is 11.9 Å². The number of hydrogen-bond donors (Lipinski definition) is 3. The molecule has 0 bridgehead atoms. The highest BCUT2D eigenvalue weighted by atomic mass is 16.2. The average molecular weight is 288 g/mol. The molecular formula is C16H24N4O. The van der Waals surface area contributed by atoms with E-state index in [4.69, 9.17) is 0 Å². The van der Waals surface area contributed by atoms with Crippen LogP contribution in [0, 0.1) is 5.92 Å². The minimum atomic E-state index is 0.178. The van der Waals surface area contributed by atoms with Gasteiger partial charge in [0.2, 0.25) is 5.91 Å². The number of nitrogens with zero attached hydrogens (tertiary/aromatic N) is 1. The third-order valence-electron chi connectivity index (χ3n) is 3.54. The van der Waals surface area contributed by atoms with Crippen molar-refractivity contribution in [3.05, 3.63) is 35.9 Å². The van der Waals surface area contributed by atoms with Crippen LogP contribution in [0.4, 0.5) is 0 Å². The van der Waals surface area contributed by atoms with Gasteiger partial charge >= 0.3 is 0 Å². The minimum Gasteiger partial charge on any atom is -0.355 e. The molecule has 114 valence electrons. The summed E-state index contributed by atoms with van der Waals surface area (Å²) in [5, 5.41) is 9.47. The summed E-state index contributed by atoms with van der Waals surface area (Å²) in [6.07, 6.45) is 2.08. The lowest BCUT2D eigenvalue weighted by Gasteiger charge is -2.18. The van der Waals surface area contributed by atoms with Gasteiger partial charge in [0.15, 0.2) is 5.96 Å². The van der Waals surface area contributed by atoms with Crippen LogP contribution < -0.4 is 16.0 Å². The van der Waals surface area contributed by atoms with Crippen LogP contribution in [0.25, 0.3) is 0 Å². The van der Waals surface area contributed by atoms with Crippen molar-refractivity contribution in [3.63, 3.8) is 0 Å². The number of nitrogens with one attached hydrogen (secondary N) is 3. The molecule has 21 heavy (non-hydrogen) atoms. The van der Waals surface area contributed by atoms with E-state index in [9.17, 15) is 4.79 Å². The lowest BCUT2D eigenvalue weighted by atomic mass is 10.1. The molecule has 0 spiro atoms. The molecule has 0 radical (unpaired) electrons. The fourth-order valence-electron chi connectivity index (χ4n) is 2.08. The third kappa shape index (κ3) is 5.10. The van der Waals surface area contributed by atoms with Gasteiger partial charge in [-0.3, -0.25) is 9.79 Å². The zero-order chi connectivity index (χ0) is 15.1. The summed E-state index contributed by atoms with van der Waals surface area (Å²) in [6.45, 7) is 3.38. The molecule has 5 heteroatoms. The van der Waals surface area contributed by atoms with Gasteiger partial charge in [-0.1, -0.05) is 30.3 Å². The molecule has 2 rings (SSSR count). The molecule has 1 atom stereocenters.